The van der Waals surface area contributed by atoms with Crippen molar-refractivity contribution in [2.45, 2.75) is 57.7 Å². The number of halogens is 6. The molecule has 0 saturated carbocycles. The Morgan fingerprint density at radius 1 is 1.09 bits per heavy atom. The summed E-state index contributed by atoms with van der Waals surface area (Å²) in [7, 11) is 0. The van der Waals surface area contributed by atoms with Gasteiger partial charge in [0.2, 0.25) is 5.91 Å². The fourth-order valence-electron chi connectivity index (χ4n) is 4.91. The summed E-state index contributed by atoms with van der Waals surface area (Å²) in [5, 5.41) is 9.99. The first kappa shape index (κ1) is 32.8. The van der Waals surface area contributed by atoms with E-state index < -0.39 is 71.7 Å². The molecule has 3 aromatic rings. The number of anilines is 2. The number of morpholine rings is 1. The summed E-state index contributed by atoms with van der Waals surface area (Å²) in [6.07, 6.45) is -7.34. The molecule has 2 aliphatic rings. The maximum absolute atomic E-state index is 15.8. The van der Waals surface area contributed by atoms with Crippen molar-refractivity contribution in [3.05, 3.63) is 53.3 Å². The van der Waals surface area contributed by atoms with Crippen molar-refractivity contribution in [1.29, 1.82) is 0 Å². The molecule has 1 fully saturated rings. The minimum absolute atomic E-state index is 0.0497. The molecule has 0 spiro atoms. The van der Waals surface area contributed by atoms with Gasteiger partial charge in [-0.25, -0.2) is 18.0 Å². The fraction of sp³-hybridized carbons (Fsp3) is 0.448. The van der Waals surface area contributed by atoms with Gasteiger partial charge in [0.1, 0.15) is 23.2 Å². The number of alkyl carbamates (subject to hydrolysis) is 1. The van der Waals surface area contributed by atoms with Gasteiger partial charge in [-0.2, -0.15) is 0 Å². The number of aromatic nitrogens is 2. The van der Waals surface area contributed by atoms with Crippen molar-refractivity contribution in [2.24, 2.45) is 0 Å². The zero-order valence-corrected chi connectivity index (χ0v) is 24.8. The lowest BCUT2D eigenvalue weighted by molar-refractivity contribution is -0.274. The minimum atomic E-state index is -4.95. The summed E-state index contributed by atoms with van der Waals surface area (Å²) in [5.41, 5.74) is -2.52. The first-order valence-corrected chi connectivity index (χ1v) is 14.0. The van der Waals surface area contributed by atoms with Crippen molar-refractivity contribution < 1.29 is 54.6 Å². The highest BCUT2D eigenvalue weighted by atomic mass is 19.4. The Morgan fingerprint density at radius 3 is 2.39 bits per heavy atom. The van der Waals surface area contributed by atoms with Gasteiger partial charge in [0.15, 0.2) is 0 Å². The highest BCUT2D eigenvalue weighted by Gasteiger charge is 2.47. The molecule has 248 valence electrons. The molecule has 0 bridgehead atoms. The van der Waals surface area contributed by atoms with Gasteiger partial charge in [-0.15, -0.1) is 18.3 Å². The quantitative estimate of drug-likeness (QED) is 0.341. The van der Waals surface area contributed by atoms with E-state index in [2.05, 4.69) is 20.3 Å². The largest absolute Gasteiger partial charge is 0.573 e. The van der Waals surface area contributed by atoms with Crippen LogP contribution in [0.4, 0.5) is 42.8 Å². The van der Waals surface area contributed by atoms with Crippen LogP contribution in [0.1, 0.15) is 38.3 Å². The molecule has 1 unspecified atom stereocenters. The standard InChI is InChI=1S/C29H29F6N5O6/c1-27(2,3)46-26(42)36-21-14-28(31,32)19-13-20(30)18(23-37-38-25(44-23)39-8-10-43-11-9-39)12-22(19)40(24(21)41)15-16-4-6-17(7-5-16)45-29(33,34)35/h4-7,12-13,21H,8-11,14-15H2,1-3H3,(H,36,42). The second-order valence-electron chi connectivity index (χ2n) is 11.6. The van der Waals surface area contributed by atoms with Gasteiger partial charge in [-0.05, 0) is 50.6 Å². The van der Waals surface area contributed by atoms with E-state index in [1.807, 2.05) is 0 Å². The van der Waals surface area contributed by atoms with Crippen molar-refractivity contribution in [3.8, 4) is 17.2 Å². The van der Waals surface area contributed by atoms with Gasteiger partial charge >= 0.3 is 18.5 Å². The SMILES string of the molecule is CC(C)(C)OC(=O)NC1CC(F)(F)c2cc(F)c(-c3nnc(N4CCOCC4)o3)cc2N(Cc2ccc(OC(F)(F)F)cc2)C1=O. The molecule has 0 aliphatic carbocycles. The molecule has 11 nitrogen and oxygen atoms in total. The number of rotatable bonds is 6. The molecule has 1 N–H and O–H groups in total. The van der Waals surface area contributed by atoms with Crippen molar-refractivity contribution in [3.63, 3.8) is 0 Å². The van der Waals surface area contributed by atoms with Crippen molar-refractivity contribution >= 4 is 23.7 Å². The number of ether oxygens (including phenoxy) is 3. The third-order valence-corrected chi connectivity index (χ3v) is 6.91. The molecule has 1 saturated heterocycles. The van der Waals surface area contributed by atoms with E-state index in [0.29, 0.717) is 32.4 Å². The molecule has 3 heterocycles. The van der Waals surface area contributed by atoms with E-state index in [-0.39, 0.29) is 23.0 Å². The third kappa shape index (κ3) is 7.63. The first-order chi connectivity index (χ1) is 21.5. The number of hydrogen-bond acceptors (Lipinski definition) is 9. The fourth-order valence-corrected chi connectivity index (χ4v) is 4.91. The number of amides is 2. The summed E-state index contributed by atoms with van der Waals surface area (Å²) >= 11 is 0. The van der Waals surface area contributed by atoms with Crippen LogP contribution >= 0.6 is 0 Å². The molecule has 17 heteroatoms. The normalized spacial score (nSPS) is 18.5. The minimum Gasteiger partial charge on any atom is -0.444 e. The molecule has 2 aliphatic heterocycles. The molecule has 0 radical (unpaired) electrons. The lowest BCUT2D eigenvalue weighted by atomic mass is 9.99. The van der Waals surface area contributed by atoms with Crippen LogP contribution in [0.5, 0.6) is 5.75 Å². The Balaban J connectivity index is 1.55. The number of alkyl halides is 5. The predicted octanol–water partition coefficient (Wildman–Crippen LogP) is 5.53. The smallest absolute Gasteiger partial charge is 0.444 e. The Bertz CT molecular complexity index is 1580. The van der Waals surface area contributed by atoms with Crippen LogP contribution in [0.25, 0.3) is 11.5 Å². The summed E-state index contributed by atoms with van der Waals surface area (Å²) in [6.45, 7) is 5.76. The summed E-state index contributed by atoms with van der Waals surface area (Å²) < 4.78 is 105. The molecule has 1 aromatic heterocycles. The predicted molar refractivity (Wildman–Crippen MR) is 149 cm³/mol. The molecular weight excluding hydrogens is 628 g/mol. The number of nitrogens with one attached hydrogen (secondary N) is 1. The Labute approximate surface area is 258 Å². The number of benzene rings is 2. The summed E-state index contributed by atoms with van der Waals surface area (Å²) in [6, 6.07) is 4.09. The molecule has 46 heavy (non-hydrogen) atoms. The van der Waals surface area contributed by atoms with Gasteiger partial charge in [-0.1, -0.05) is 17.2 Å². The van der Waals surface area contributed by atoms with Crippen molar-refractivity contribution in [2.75, 3.05) is 36.1 Å². The van der Waals surface area contributed by atoms with Crippen LogP contribution in [-0.4, -0.2) is 66.5 Å². The monoisotopic (exact) mass is 657 g/mol. The molecular formula is C29H29F6N5O6. The lowest BCUT2D eigenvalue weighted by Crippen LogP contribution is -2.49. The average Bonchev–Trinajstić information content (AvgIpc) is 3.42. The average molecular weight is 658 g/mol. The van der Waals surface area contributed by atoms with Crippen molar-refractivity contribution in [1.82, 2.24) is 15.5 Å². The van der Waals surface area contributed by atoms with Gasteiger partial charge in [0, 0.05) is 25.1 Å². The van der Waals surface area contributed by atoms with Crippen LogP contribution < -0.4 is 19.9 Å². The molecule has 2 aromatic carbocycles. The zero-order valence-electron chi connectivity index (χ0n) is 24.8. The van der Waals surface area contributed by atoms with Gasteiger partial charge in [-0.3, -0.25) is 4.79 Å². The van der Waals surface area contributed by atoms with E-state index in [1.165, 1.54) is 32.9 Å². The Kier molecular flexibility index (Phi) is 8.81. The summed E-state index contributed by atoms with van der Waals surface area (Å²) in [5.74, 6) is -6.91. The van der Waals surface area contributed by atoms with Gasteiger partial charge in [0.25, 0.3) is 11.8 Å². The summed E-state index contributed by atoms with van der Waals surface area (Å²) in [4.78, 5) is 29.0. The van der Waals surface area contributed by atoms with E-state index >= 15 is 13.2 Å². The topological polar surface area (TPSA) is 119 Å². The van der Waals surface area contributed by atoms with E-state index in [1.54, 1.807) is 4.90 Å². The molecule has 1 atom stereocenters. The van der Waals surface area contributed by atoms with E-state index in [9.17, 15) is 22.8 Å². The van der Waals surface area contributed by atoms with Gasteiger partial charge < -0.3 is 33.7 Å². The van der Waals surface area contributed by atoms with E-state index in [4.69, 9.17) is 13.9 Å². The second kappa shape index (κ2) is 12.3. The molecule has 2 amide bonds. The number of hydrogen-bond donors (Lipinski definition) is 1. The number of nitrogens with zero attached hydrogens (tertiary/aromatic N) is 4. The van der Waals surface area contributed by atoms with Crippen LogP contribution in [0.2, 0.25) is 0 Å². The highest BCUT2D eigenvalue weighted by Crippen LogP contribution is 2.45. The number of fused-ring (bicyclic) bond motifs is 1. The third-order valence-electron chi connectivity index (χ3n) is 6.91. The van der Waals surface area contributed by atoms with Gasteiger partial charge in [0.05, 0.1) is 31.0 Å². The van der Waals surface area contributed by atoms with Crippen LogP contribution in [0.15, 0.2) is 40.8 Å². The number of carbonyl (C=O) groups is 2. The van der Waals surface area contributed by atoms with E-state index in [0.717, 1.165) is 23.1 Å². The number of carbonyl (C=O) groups excluding carboxylic acids is 2. The maximum atomic E-state index is 15.8. The Hall–Kier alpha value is -4.54. The Morgan fingerprint density at radius 2 is 1.76 bits per heavy atom. The first-order valence-electron chi connectivity index (χ1n) is 14.0. The second-order valence-corrected chi connectivity index (χ2v) is 11.6. The zero-order chi connectivity index (χ0) is 33.4. The maximum Gasteiger partial charge on any atom is 0.573 e. The van der Waals surface area contributed by atoms with Crippen LogP contribution in [0.3, 0.4) is 0 Å². The lowest BCUT2D eigenvalue weighted by Gasteiger charge is -2.27. The van der Waals surface area contributed by atoms with Crippen LogP contribution in [-0.2, 0) is 26.7 Å². The van der Waals surface area contributed by atoms with Crippen LogP contribution in [0, 0.1) is 5.82 Å². The molecule has 5 rings (SSSR count). The highest BCUT2D eigenvalue weighted by molar-refractivity contribution is 6.00.